The number of phenols is 1. The van der Waals surface area contributed by atoms with Crippen LogP contribution in [-0.2, 0) is 6.42 Å². The summed E-state index contributed by atoms with van der Waals surface area (Å²) in [6, 6.07) is 12.4. The largest absolute Gasteiger partial charge is 0.508 e. The van der Waals surface area contributed by atoms with E-state index in [0.29, 0.717) is 28.6 Å². The highest BCUT2D eigenvalue weighted by Gasteiger charge is 2.16. The number of phenolic OH excluding ortho intramolecular Hbond substituents is 1. The van der Waals surface area contributed by atoms with Crippen LogP contribution in [0.1, 0.15) is 31.9 Å². The first-order valence-corrected chi connectivity index (χ1v) is 8.39. The summed E-state index contributed by atoms with van der Waals surface area (Å²) >= 11 is 0. The molecule has 0 aliphatic heterocycles. The lowest BCUT2D eigenvalue weighted by Gasteiger charge is -2.11. The topological polar surface area (TPSA) is 92.2 Å². The van der Waals surface area contributed by atoms with E-state index in [1.165, 1.54) is 0 Å². The van der Waals surface area contributed by atoms with Crippen LogP contribution in [0.3, 0.4) is 0 Å². The third-order valence-corrected chi connectivity index (χ3v) is 3.85. The molecule has 0 spiro atoms. The fraction of sp³-hybridized carbons (Fsp3) is 0.250. The molecule has 3 rings (SSSR count). The third kappa shape index (κ3) is 3.52. The molecule has 1 heterocycles. The molecule has 0 fully saturated rings. The molecule has 0 saturated heterocycles. The van der Waals surface area contributed by atoms with E-state index in [0.717, 1.165) is 17.5 Å². The highest BCUT2D eigenvalue weighted by Crippen LogP contribution is 2.30. The maximum atomic E-state index is 9.64. The minimum absolute atomic E-state index is 0.0232. The van der Waals surface area contributed by atoms with E-state index < -0.39 is 0 Å². The van der Waals surface area contributed by atoms with Crippen LogP contribution in [0.2, 0.25) is 0 Å². The lowest BCUT2D eigenvalue weighted by atomic mass is 10.0. The molecule has 1 aromatic heterocycles. The van der Waals surface area contributed by atoms with Crippen LogP contribution >= 0.6 is 0 Å². The summed E-state index contributed by atoms with van der Waals surface area (Å²) < 4.78 is 11.0. The fourth-order valence-corrected chi connectivity index (χ4v) is 2.65. The average molecular weight is 349 g/mol. The molecule has 6 nitrogen and oxygen atoms in total. The first-order valence-electron chi connectivity index (χ1n) is 8.39. The van der Waals surface area contributed by atoms with E-state index in [9.17, 15) is 10.4 Å². The van der Waals surface area contributed by atoms with Crippen LogP contribution < -0.4 is 4.74 Å². The zero-order chi connectivity index (χ0) is 18.7. The summed E-state index contributed by atoms with van der Waals surface area (Å²) in [6.07, 6.45) is 0.706. The van der Waals surface area contributed by atoms with Gasteiger partial charge in [0.25, 0.3) is 5.89 Å². The molecular formula is C20H19N3O3. The summed E-state index contributed by atoms with van der Waals surface area (Å²) in [7, 11) is 0. The number of nitrogens with zero attached hydrogens (tertiary/aromatic N) is 3. The molecule has 2 aromatic carbocycles. The van der Waals surface area contributed by atoms with Crippen molar-refractivity contribution in [2.75, 3.05) is 0 Å². The van der Waals surface area contributed by atoms with Crippen molar-refractivity contribution in [3.05, 3.63) is 47.5 Å². The van der Waals surface area contributed by atoms with Gasteiger partial charge in [0.2, 0.25) is 5.82 Å². The molecule has 0 atom stereocenters. The van der Waals surface area contributed by atoms with Crippen molar-refractivity contribution >= 4 is 0 Å². The van der Waals surface area contributed by atoms with Gasteiger partial charge in [-0.3, -0.25) is 0 Å². The number of ether oxygens (including phenoxy) is 1. The molecule has 0 radical (unpaired) electrons. The number of hydrogen-bond donors (Lipinski definition) is 1. The lowest BCUT2D eigenvalue weighted by Crippen LogP contribution is -2.06. The fourth-order valence-electron chi connectivity index (χ4n) is 2.65. The normalized spacial score (nSPS) is 10.7. The molecule has 0 amide bonds. The molecule has 1 N–H and O–H groups in total. The van der Waals surface area contributed by atoms with Crippen molar-refractivity contribution in [1.29, 1.82) is 5.26 Å². The Morgan fingerprint density at radius 2 is 2.04 bits per heavy atom. The van der Waals surface area contributed by atoms with Crippen LogP contribution in [0.15, 0.2) is 40.9 Å². The third-order valence-electron chi connectivity index (χ3n) is 3.85. The second kappa shape index (κ2) is 7.28. The Labute approximate surface area is 151 Å². The maximum Gasteiger partial charge on any atom is 0.258 e. The molecule has 0 aliphatic rings. The molecular weight excluding hydrogens is 330 g/mol. The average Bonchev–Trinajstić information content (AvgIpc) is 3.11. The van der Waals surface area contributed by atoms with Gasteiger partial charge in [0.05, 0.1) is 11.7 Å². The van der Waals surface area contributed by atoms with Crippen molar-refractivity contribution in [3.8, 4) is 40.4 Å². The van der Waals surface area contributed by atoms with Gasteiger partial charge in [-0.1, -0.05) is 12.1 Å². The van der Waals surface area contributed by atoms with Gasteiger partial charge < -0.3 is 14.4 Å². The van der Waals surface area contributed by atoms with Crippen molar-refractivity contribution in [2.24, 2.45) is 0 Å². The summed E-state index contributed by atoms with van der Waals surface area (Å²) in [5, 5.41) is 23.0. The van der Waals surface area contributed by atoms with Gasteiger partial charge in [0, 0.05) is 11.1 Å². The highest BCUT2D eigenvalue weighted by molar-refractivity contribution is 5.65. The number of hydrogen-bond acceptors (Lipinski definition) is 6. The minimum atomic E-state index is -0.0232. The number of aromatic nitrogens is 2. The van der Waals surface area contributed by atoms with E-state index in [2.05, 4.69) is 16.2 Å². The Bertz CT molecular complexity index is 971. The van der Waals surface area contributed by atoms with Gasteiger partial charge in [-0.25, -0.2) is 0 Å². The van der Waals surface area contributed by atoms with Crippen LogP contribution in [0, 0.1) is 11.3 Å². The van der Waals surface area contributed by atoms with Crippen molar-refractivity contribution in [3.63, 3.8) is 0 Å². The van der Waals surface area contributed by atoms with Gasteiger partial charge in [-0.15, -0.1) is 0 Å². The Morgan fingerprint density at radius 1 is 1.23 bits per heavy atom. The van der Waals surface area contributed by atoms with Gasteiger partial charge in [0.15, 0.2) is 0 Å². The Morgan fingerprint density at radius 3 is 2.73 bits per heavy atom. The summed E-state index contributed by atoms with van der Waals surface area (Å²) in [6.45, 7) is 5.80. The zero-order valence-electron chi connectivity index (χ0n) is 14.9. The summed E-state index contributed by atoms with van der Waals surface area (Å²) in [5.41, 5.74) is 2.79. The molecule has 0 saturated carbocycles. The van der Waals surface area contributed by atoms with Crippen LogP contribution in [-0.4, -0.2) is 21.4 Å². The van der Waals surface area contributed by atoms with Crippen molar-refractivity contribution in [2.45, 2.75) is 33.3 Å². The van der Waals surface area contributed by atoms with Gasteiger partial charge in [-0.2, -0.15) is 10.2 Å². The van der Waals surface area contributed by atoms with Gasteiger partial charge in [-0.05, 0) is 62.2 Å². The van der Waals surface area contributed by atoms with Gasteiger partial charge in [0.1, 0.15) is 17.6 Å². The molecule has 0 unspecified atom stereocenters. The lowest BCUT2D eigenvalue weighted by molar-refractivity contribution is 0.241. The summed E-state index contributed by atoms with van der Waals surface area (Å²) in [4.78, 5) is 4.45. The smallest absolute Gasteiger partial charge is 0.258 e. The minimum Gasteiger partial charge on any atom is -0.508 e. The summed E-state index contributed by atoms with van der Waals surface area (Å²) in [5.74, 6) is 1.49. The number of aromatic hydroxyl groups is 1. The number of nitriles is 1. The Kier molecular flexibility index (Phi) is 4.90. The first-order chi connectivity index (χ1) is 12.5. The SMILES string of the molecule is CCc1cc(O)ccc1-c1noc(-c2ccc(OC(C)C)c(C#N)c2)n1. The van der Waals surface area contributed by atoms with Crippen LogP contribution in [0.4, 0.5) is 0 Å². The number of rotatable bonds is 5. The van der Waals surface area contributed by atoms with E-state index in [4.69, 9.17) is 9.26 Å². The monoisotopic (exact) mass is 349 g/mol. The molecule has 26 heavy (non-hydrogen) atoms. The molecule has 3 aromatic rings. The quantitative estimate of drug-likeness (QED) is 0.737. The second-order valence-corrected chi connectivity index (χ2v) is 6.11. The van der Waals surface area contributed by atoms with Gasteiger partial charge >= 0.3 is 0 Å². The Balaban J connectivity index is 1.97. The standard InChI is InChI=1S/C20H19N3O3/c1-4-13-10-16(24)6-7-17(13)19-22-20(26-23-19)14-5-8-18(25-12(2)3)15(9-14)11-21/h5-10,12,24H,4H2,1-3H3. The second-order valence-electron chi connectivity index (χ2n) is 6.11. The molecule has 0 aliphatic carbocycles. The highest BCUT2D eigenvalue weighted by atomic mass is 16.5. The molecule has 0 bridgehead atoms. The Hall–Kier alpha value is -3.33. The molecule has 6 heteroatoms. The maximum absolute atomic E-state index is 9.64. The predicted molar refractivity (Wildman–Crippen MR) is 96.7 cm³/mol. The predicted octanol–water partition coefficient (Wildman–Crippen LogP) is 4.33. The molecule has 132 valence electrons. The van der Waals surface area contributed by atoms with Crippen LogP contribution in [0.5, 0.6) is 11.5 Å². The van der Waals surface area contributed by atoms with E-state index >= 15 is 0 Å². The van der Waals surface area contributed by atoms with Crippen molar-refractivity contribution < 1.29 is 14.4 Å². The first kappa shape index (κ1) is 17.5. The number of benzene rings is 2. The van der Waals surface area contributed by atoms with E-state index in [1.54, 1.807) is 36.4 Å². The van der Waals surface area contributed by atoms with E-state index in [-0.39, 0.29) is 11.9 Å². The zero-order valence-corrected chi connectivity index (χ0v) is 14.9. The number of aryl methyl sites for hydroxylation is 1. The van der Waals surface area contributed by atoms with Crippen molar-refractivity contribution in [1.82, 2.24) is 10.1 Å². The van der Waals surface area contributed by atoms with Crippen LogP contribution in [0.25, 0.3) is 22.8 Å². The van der Waals surface area contributed by atoms with E-state index in [1.807, 2.05) is 20.8 Å².